The smallest absolute Gasteiger partial charge is 0.230 e. The molecule has 1 aromatic carbocycles. The van der Waals surface area contributed by atoms with E-state index in [9.17, 15) is 4.79 Å². The van der Waals surface area contributed by atoms with Gasteiger partial charge in [-0.3, -0.25) is 9.69 Å². The highest BCUT2D eigenvalue weighted by Crippen LogP contribution is 2.33. The lowest BCUT2D eigenvalue weighted by Gasteiger charge is -2.21. The van der Waals surface area contributed by atoms with Gasteiger partial charge in [-0.15, -0.1) is 11.3 Å². The van der Waals surface area contributed by atoms with Crippen LogP contribution in [0.4, 0.5) is 16.6 Å². The number of hydrogen-bond acceptors (Lipinski definition) is 7. The van der Waals surface area contributed by atoms with E-state index >= 15 is 0 Å². The summed E-state index contributed by atoms with van der Waals surface area (Å²) < 4.78 is 0. The average Bonchev–Trinajstić information content (AvgIpc) is 3.04. The van der Waals surface area contributed by atoms with E-state index in [0.29, 0.717) is 21.9 Å². The first kappa shape index (κ1) is 19.3. The van der Waals surface area contributed by atoms with E-state index in [1.54, 1.807) is 17.9 Å². The van der Waals surface area contributed by atoms with Gasteiger partial charge in [0.15, 0.2) is 10.3 Å². The molecule has 0 spiro atoms. The van der Waals surface area contributed by atoms with Crippen LogP contribution in [0.15, 0.2) is 34.8 Å². The van der Waals surface area contributed by atoms with Crippen LogP contribution < -0.4 is 10.6 Å². The molecule has 0 aliphatic rings. The first-order chi connectivity index (χ1) is 12.8. The van der Waals surface area contributed by atoms with E-state index in [4.69, 9.17) is 5.73 Å². The Bertz CT molecular complexity index is 966. The number of aryl methyl sites for hydroxylation is 2. The molecule has 140 valence electrons. The molecular formula is C19H21N5OS2. The van der Waals surface area contributed by atoms with Gasteiger partial charge in [0.25, 0.3) is 0 Å². The van der Waals surface area contributed by atoms with Crippen molar-refractivity contribution in [2.45, 2.75) is 38.6 Å². The maximum atomic E-state index is 12.3. The molecule has 0 aliphatic heterocycles. The number of nitrogens with zero attached hydrogens (tertiary/aromatic N) is 4. The van der Waals surface area contributed by atoms with Gasteiger partial charge in [-0.25, -0.2) is 15.0 Å². The highest BCUT2D eigenvalue weighted by Gasteiger charge is 2.20. The first-order valence-electron chi connectivity index (χ1n) is 8.40. The van der Waals surface area contributed by atoms with Crippen LogP contribution in [0.2, 0.25) is 0 Å². The van der Waals surface area contributed by atoms with Crippen LogP contribution >= 0.6 is 23.1 Å². The fourth-order valence-electron chi connectivity index (χ4n) is 2.62. The van der Waals surface area contributed by atoms with Gasteiger partial charge in [-0.1, -0.05) is 23.9 Å². The molecule has 3 aromatic rings. The van der Waals surface area contributed by atoms with Crippen molar-refractivity contribution in [3.8, 4) is 0 Å². The molecule has 0 saturated carbocycles. The van der Waals surface area contributed by atoms with Crippen LogP contribution in [-0.2, 0) is 10.5 Å². The number of aromatic nitrogens is 3. The number of anilines is 3. The molecule has 0 fully saturated rings. The Labute approximate surface area is 166 Å². The third-order valence-electron chi connectivity index (χ3n) is 4.07. The topological polar surface area (TPSA) is 85.0 Å². The lowest BCUT2D eigenvalue weighted by Crippen LogP contribution is -2.23. The molecule has 0 bridgehead atoms. The van der Waals surface area contributed by atoms with Crippen molar-refractivity contribution in [2.75, 3.05) is 10.6 Å². The summed E-state index contributed by atoms with van der Waals surface area (Å²) in [6.45, 7) is 7.50. The van der Waals surface area contributed by atoms with Crippen molar-refractivity contribution in [1.29, 1.82) is 0 Å². The quantitative estimate of drug-likeness (QED) is 0.505. The second kappa shape index (κ2) is 8.06. The summed E-state index contributed by atoms with van der Waals surface area (Å²) in [6.07, 6.45) is 0. The van der Waals surface area contributed by atoms with Gasteiger partial charge in [0, 0.05) is 29.8 Å². The van der Waals surface area contributed by atoms with E-state index in [-0.39, 0.29) is 5.91 Å². The molecule has 0 unspecified atom stereocenters. The molecular weight excluding hydrogens is 378 g/mol. The predicted octanol–water partition coefficient (Wildman–Crippen LogP) is 4.42. The van der Waals surface area contributed by atoms with Crippen LogP contribution in [-0.4, -0.2) is 20.9 Å². The SMILES string of the molecule is CC(=O)N(c1nc(CSc2nc(C)cc(N)n2)cs1)c1cccc(C)c1C. The molecule has 6 nitrogen and oxygen atoms in total. The summed E-state index contributed by atoms with van der Waals surface area (Å²) in [4.78, 5) is 27.2. The lowest BCUT2D eigenvalue weighted by atomic mass is 10.1. The molecule has 8 heteroatoms. The zero-order valence-corrected chi connectivity index (χ0v) is 17.3. The minimum atomic E-state index is -0.0629. The number of carbonyl (C=O) groups is 1. The number of carbonyl (C=O) groups excluding carboxylic acids is 1. The maximum absolute atomic E-state index is 12.3. The Kier molecular flexibility index (Phi) is 5.76. The number of nitrogen functional groups attached to an aromatic ring is 1. The Morgan fingerprint density at radius 3 is 2.70 bits per heavy atom. The van der Waals surface area contributed by atoms with Gasteiger partial charge in [-0.05, 0) is 38.0 Å². The molecule has 3 rings (SSSR count). The Morgan fingerprint density at radius 1 is 1.22 bits per heavy atom. The van der Waals surface area contributed by atoms with Crippen LogP contribution in [0, 0.1) is 20.8 Å². The number of hydrogen-bond donors (Lipinski definition) is 1. The summed E-state index contributed by atoms with van der Waals surface area (Å²) in [5.41, 5.74) is 10.6. The number of thiazole rings is 1. The summed E-state index contributed by atoms with van der Waals surface area (Å²) in [5, 5.41) is 3.25. The average molecular weight is 400 g/mol. The summed E-state index contributed by atoms with van der Waals surface area (Å²) in [6, 6.07) is 7.68. The molecule has 2 N–H and O–H groups in total. The normalized spacial score (nSPS) is 10.8. The number of nitrogens with two attached hydrogens (primary N) is 1. The minimum absolute atomic E-state index is 0.0629. The van der Waals surface area contributed by atoms with Crippen molar-refractivity contribution >= 4 is 45.6 Å². The monoisotopic (exact) mass is 399 g/mol. The zero-order valence-electron chi connectivity index (χ0n) is 15.7. The van der Waals surface area contributed by atoms with Gasteiger partial charge in [0.05, 0.1) is 11.4 Å². The summed E-state index contributed by atoms with van der Waals surface area (Å²) in [5.74, 6) is 1.01. The molecule has 27 heavy (non-hydrogen) atoms. The van der Waals surface area contributed by atoms with Gasteiger partial charge < -0.3 is 5.73 Å². The van der Waals surface area contributed by atoms with Crippen LogP contribution in [0.3, 0.4) is 0 Å². The predicted molar refractivity (Wildman–Crippen MR) is 112 cm³/mol. The van der Waals surface area contributed by atoms with Gasteiger partial charge in [0.1, 0.15) is 5.82 Å². The number of rotatable bonds is 5. The van der Waals surface area contributed by atoms with Crippen molar-refractivity contribution in [3.05, 3.63) is 52.2 Å². The second-order valence-electron chi connectivity index (χ2n) is 6.20. The second-order valence-corrected chi connectivity index (χ2v) is 7.98. The molecule has 0 atom stereocenters. The molecule has 0 radical (unpaired) electrons. The van der Waals surface area contributed by atoms with E-state index < -0.39 is 0 Å². The fraction of sp³-hybridized carbons (Fsp3) is 0.263. The molecule has 2 aromatic heterocycles. The van der Waals surface area contributed by atoms with Crippen molar-refractivity contribution < 1.29 is 4.79 Å². The summed E-state index contributed by atoms with van der Waals surface area (Å²) in [7, 11) is 0. The molecule has 0 saturated heterocycles. The fourth-order valence-corrected chi connectivity index (χ4v) is 4.41. The maximum Gasteiger partial charge on any atom is 0.230 e. The van der Waals surface area contributed by atoms with Crippen molar-refractivity contribution in [2.24, 2.45) is 0 Å². The standard InChI is InChI=1S/C19H21N5OS2/c1-11-6-5-7-16(13(11)3)24(14(4)25)19-22-15(10-27-19)9-26-18-21-12(2)8-17(20)23-18/h5-8,10H,9H2,1-4H3,(H2,20,21,23). The number of amides is 1. The molecule has 0 aliphatic carbocycles. The zero-order chi connectivity index (χ0) is 19.6. The molecule has 2 heterocycles. The van der Waals surface area contributed by atoms with Gasteiger partial charge >= 0.3 is 0 Å². The Hall–Kier alpha value is -2.45. The van der Waals surface area contributed by atoms with E-state index in [2.05, 4.69) is 15.0 Å². The number of thioether (sulfide) groups is 1. The van der Waals surface area contributed by atoms with Crippen molar-refractivity contribution in [3.63, 3.8) is 0 Å². The van der Waals surface area contributed by atoms with E-state index in [1.165, 1.54) is 23.1 Å². The molecule has 1 amide bonds. The third kappa shape index (κ3) is 4.45. The number of benzene rings is 1. The van der Waals surface area contributed by atoms with Crippen molar-refractivity contribution in [1.82, 2.24) is 15.0 Å². The van der Waals surface area contributed by atoms with E-state index in [0.717, 1.165) is 28.2 Å². The first-order valence-corrected chi connectivity index (χ1v) is 10.3. The van der Waals surface area contributed by atoms with Crippen LogP contribution in [0.25, 0.3) is 0 Å². The van der Waals surface area contributed by atoms with E-state index in [1.807, 2.05) is 44.4 Å². The highest BCUT2D eigenvalue weighted by atomic mass is 32.2. The van der Waals surface area contributed by atoms with Gasteiger partial charge in [-0.2, -0.15) is 0 Å². The van der Waals surface area contributed by atoms with Gasteiger partial charge in [0.2, 0.25) is 5.91 Å². The Balaban J connectivity index is 1.82. The van der Waals surface area contributed by atoms with Crippen LogP contribution in [0.5, 0.6) is 0 Å². The Morgan fingerprint density at radius 2 is 2.00 bits per heavy atom. The lowest BCUT2D eigenvalue weighted by molar-refractivity contribution is -0.115. The largest absolute Gasteiger partial charge is 0.384 e. The summed E-state index contributed by atoms with van der Waals surface area (Å²) >= 11 is 2.93. The van der Waals surface area contributed by atoms with Crippen LogP contribution in [0.1, 0.15) is 29.4 Å². The third-order valence-corrected chi connectivity index (χ3v) is 5.82. The minimum Gasteiger partial charge on any atom is -0.384 e. The highest BCUT2D eigenvalue weighted by molar-refractivity contribution is 7.98.